The first-order valence-corrected chi connectivity index (χ1v) is 11.2. The van der Waals surface area contributed by atoms with Crippen molar-refractivity contribution in [1.29, 1.82) is 0 Å². The van der Waals surface area contributed by atoms with E-state index in [0.717, 1.165) is 53.8 Å². The van der Waals surface area contributed by atoms with Crippen LogP contribution < -0.4 is 4.90 Å². The molecule has 6 heteroatoms. The van der Waals surface area contributed by atoms with E-state index in [1.165, 1.54) is 5.56 Å². The molecule has 2 aromatic heterocycles. The molecule has 32 heavy (non-hydrogen) atoms. The summed E-state index contributed by atoms with van der Waals surface area (Å²) in [5, 5.41) is 0. The molecule has 3 heterocycles. The molecule has 1 fully saturated rings. The SMILES string of the molecule is Cc1cccc(CC(=O)N2CCCC[C@@H]2c2nc(N(C)C)ncc2-c2ccncc2C)c1. The summed E-state index contributed by atoms with van der Waals surface area (Å²) in [6, 6.07) is 10.1. The van der Waals surface area contributed by atoms with E-state index < -0.39 is 0 Å². The van der Waals surface area contributed by atoms with Crippen molar-refractivity contribution in [2.45, 2.75) is 45.6 Å². The van der Waals surface area contributed by atoms with Crippen molar-refractivity contribution in [1.82, 2.24) is 19.9 Å². The molecule has 166 valence electrons. The summed E-state index contributed by atoms with van der Waals surface area (Å²) in [4.78, 5) is 31.2. The summed E-state index contributed by atoms with van der Waals surface area (Å²) in [5.41, 5.74) is 6.28. The lowest BCUT2D eigenvalue weighted by atomic mass is 9.92. The predicted octanol–water partition coefficient (Wildman–Crippen LogP) is 4.52. The number of carbonyl (C=O) groups is 1. The van der Waals surface area contributed by atoms with Crippen molar-refractivity contribution in [3.05, 3.63) is 71.3 Å². The van der Waals surface area contributed by atoms with Gasteiger partial charge >= 0.3 is 0 Å². The van der Waals surface area contributed by atoms with E-state index in [0.29, 0.717) is 12.4 Å². The predicted molar refractivity (Wildman–Crippen MR) is 128 cm³/mol. The summed E-state index contributed by atoms with van der Waals surface area (Å²) in [7, 11) is 3.88. The number of hydrogen-bond acceptors (Lipinski definition) is 5. The number of pyridine rings is 1. The Balaban J connectivity index is 1.74. The minimum atomic E-state index is -0.0645. The van der Waals surface area contributed by atoms with Crippen molar-refractivity contribution in [2.24, 2.45) is 0 Å². The summed E-state index contributed by atoms with van der Waals surface area (Å²) in [6.07, 6.45) is 8.97. The molecule has 0 aliphatic carbocycles. The normalized spacial score (nSPS) is 16.1. The van der Waals surface area contributed by atoms with Gasteiger partial charge < -0.3 is 9.80 Å². The van der Waals surface area contributed by atoms with E-state index in [2.05, 4.69) is 29.0 Å². The number of aromatic nitrogens is 3. The molecule has 0 unspecified atom stereocenters. The molecule has 0 radical (unpaired) electrons. The van der Waals surface area contributed by atoms with Gasteiger partial charge in [-0.25, -0.2) is 9.97 Å². The lowest BCUT2D eigenvalue weighted by Gasteiger charge is -2.36. The molecule has 0 saturated carbocycles. The molecule has 1 saturated heterocycles. The van der Waals surface area contributed by atoms with Crippen LogP contribution in [0.4, 0.5) is 5.95 Å². The second-order valence-corrected chi connectivity index (χ2v) is 8.82. The zero-order chi connectivity index (χ0) is 22.7. The highest BCUT2D eigenvalue weighted by Gasteiger charge is 2.31. The Labute approximate surface area is 190 Å². The summed E-state index contributed by atoms with van der Waals surface area (Å²) < 4.78 is 0. The number of carbonyl (C=O) groups excluding carboxylic acids is 1. The van der Waals surface area contributed by atoms with E-state index in [9.17, 15) is 4.79 Å². The Morgan fingerprint density at radius 2 is 1.97 bits per heavy atom. The van der Waals surface area contributed by atoms with Gasteiger partial charge in [-0.05, 0) is 55.9 Å². The molecule has 1 aliphatic heterocycles. The average Bonchev–Trinajstić information content (AvgIpc) is 2.79. The Hall–Kier alpha value is -3.28. The third-order valence-electron chi connectivity index (χ3n) is 6.09. The molecule has 0 bridgehead atoms. The quantitative estimate of drug-likeness (QED) is 0.597. The van der Waals surface area contributed by atoms with E-state index in [-0.39, 0.29) is 11.9 Å². The Morgan fingerprint density at radius 3 is 2.72 bits per heavy atom. The highest BCUT2D eigenvalue weighted by atomic mass is 16.2. The van der Waals surface area contributed by atoms with Gasteiger partial charge in [0.1, 0.15) is 0 Å². The number of rotatable bonds is 5. The van der Waals surface area contributed by atoms with Gasteiger partial charge in [-0.15, -0.1) is 0 Å². The highest BCUT2D eigenvalue weighted by Crippen LogP contribution is 2.37. The van der Waals surface area contributed by atoms with Crippen LogP contribution in [0, 0.1) is 13.8 Å². The molecule has 1 aromatic carbocycles. The summed E-state index contributed by atoms with van der Waals surface area (Å²) >= 11 is 0. The van der Waals surface area contributed by atoms with Gasteiger partial charge in [0, 0.05) is 44.8 Å². The number of nitrogens with zero attached hydrogens (tertiary/aromatic N) is 5. The lowest BCUT2D eigenvalue weighted by Crippen LogP contribution is -2.40. The minimum Gasteiger partial charge on any atom is -0.347 e. The minimum absolute atomic E-state index is 0.0645. The molecule has 4 rings (SSSR count). The van der Waals surface area contributed by atoms with Crippen LogP contribution in [0.25, 0.3) is 11.1 Å². The van der Waals surface area contributed by atoms with Gasteiger partial charge in [0.05, 0.1) is 18.2 Å². The maximum absolute atomic E-state index is 13.5. The van der Waals surface area contributed by atoms with Crippen molar-refractivity contribution in [3.63, 3.8) is 0 Å². The topological polar surface area (TPSA) is 62.2 Å². The first kappa shape index (κ1) is 21.9. The standard InChI is InChI=1S/C26H31N5O/c1-18-8-7-9-20(14-18)15-24(32)31-13-6-5-10-23(31)25-22(17-28-26(29-25)30(3)4)21-11-12-27-16-19(21)2/h7-9,11-12,14,16-17,23H,5-6,10,13,15H2,1-4H3/t23-/m1/s1. The van der Waals surface area contributed by atoms with Gasteiger partial charge in [-0.2, -0.15) is 0 Å². The van der Waals surface area contributed by atoms with Gasteiger partial charge in [0.2, 0.25) is 11.9 Å². The van der Waals surface area contributed by atoms with Crippen LogP contribution in [0.1, 0.15) is 47.7 Å². The number of amides is 1. The van der Waals surface area contributed by atoms with Gasteiger partial charge in [-0.3, -0.25) is 9.78 Å². The van der Waals surface area contributed by atoms with Crippen molar-refractivity contribution < 1.29 is 4.79 Å². The van der Waals surface area contributed by atoms with E-state index in [1.54, 1.807) is 6.20 Å². The van der Waals surface area contributed by atoms with Crippen LogP contribution in [-0.4, -0.2) is 46.4 Å². The summed E-state index contributed by atoms with van der Waals surface area (Å²) in [5.74, 6) is 0.815. The zero-order valence-electron chi connectivity index (χ0n) is 19.4. The van der Waals surface area contributed by atoms with Gasteiger partial charge in [0.25, 0.3) is 0 Å². The number of benzene rings is 1. The van der Waals surface area contributed by atoms with Crippen molar-refractivity contribution in [2.75, 3.05) is 25.5 Å². The van der Waals surface area contributed by atoms with Gasteiger partial charge in [0.15, 0.2) is 0 Å². The third-order valence-corrected chi connectivity index (χ3v) is 6.09. The fraction of sp³-hybridized carbons (Fsp3) is 0.385. The first-order valence-electron chi connectivity index (χ1n) is 11.2. The van der Waals surface area contributed by atoms with Crippen molar-refractivity contribution in [3.8, 4) is 11.1 Å². The van der Waals surface area contributed by atoms with E-state index in [4.69, 9.17) is 4.98 Å². The first-order chi connectivity index (χ1) is 15.4. The molecule has 0 spiro atoms. The van der Waals surface area contributed by atoms with Crippen molar-refractivity contribution >= 4 is 11.9 Å². The van der Waals surface area contributed by atoms with Crippen LogP contribution in [0.2, 0.25) is 0 Å². The number of anilines is 1. The number of hydrogen-bond donors (Lipinski definition) is 0. The maximum atomic E-state index is 13.5. The lowest BCUT2D eigenvalue weighted by molar-refractivity contribution is -0.134. The number of piperidine rings is 1. The molecule has 3 aromatic rings. The molecule has 1 atom stereocenters. The maximum Gasteiger partial charge on any atom is 0.227 e. The second kappa shape index (κ2) is 9.47. The fourth-order valence-corrected chi connectivity index (χ4v) is 4.45. The van der Waals surface area contributed by atoms with Crippen LogP contribution in [0.15, 0.2) is 48.9 Å². The van der Waals surface area contributed by atoms with Gasteiger partial charge in [-0.1, -0.05) is 29.8 Å². The fourth-order valence-electron chi connectivity index (χ4n) is 4.45. The number of likely N-dealkylation sites (tertiary alicyclic amines) is 1. The molecular weight excluding hydrogens is 398 g/mol. The second-order valence-electron chi connectivity index (χ2n) is 8.82. The largest absolute Gasteiger partial charge is 0.347 e. The Bertz CT molecular complexity index is 1110. The summed E-state index contributed by atoms with van der Waals surface area (Å²) in [6.45, 7) is 4.86. The average molecular weight is 430 g/mol. The van der Waals surface area contributed by atoms with Crippen LogP contribution in [-0.2, 0) is 11.2 Å². The monoisotopic (exact) mass is 429 g/mol. The van der Waals surface area contributed by atoms with E-state index >= 15 is 0 Å². The Kier molecular flexibility index (Phi) is 6.49. The molecule has 1 amide bonds. The third kappa shape index (κ3) is 4.64. The molecular formula is C26H31N5O. The molecule has 0 N–H and O–H groups in total. The molecule has 1 aliphatic rings. The van der Waals surface area contributed by atoms with Crippen LogP contribution in [0.5, 0.6) is 0 Å². The van der Waals surface area contributed by atoms with Crippen LogP contribution >= 0.6 is 0 Å². The number of aryl methyl sites for hydroxylation is 2. The highest BCUT2D eigenvalue weighted by molar-refractivity contribution is 5.80. The van der Waals surface area contributed by atoms with E-state index in [1.807, 2.05) is 61.4 Å². The smallest absolute Gasteiger partial charge is 0.227 e. The van der Waals surface area contributed by atoms with Crippen LogP contribution in [0.3, 0.4) is 0 Å². The zero-order valence-corrected chi connectivity index (χ0v) is 19.4. The Morgan fingerprint density at radius 1 is 1.12 bits per heavy atom. The molecule has 6 nitrogen and oxygen atoms in total.